The van der Waals surface area contributed by atoms with Gasteiger partial charge in [0.2, 0.25) is 5.91 Å². The zero-order chi connectivity index (χ0) is 12.2. The first-order valence-electron chi connectivity index (χ1n) is 5.31. The highest BCUT2D eigenvalue weighted by Crippen LogP contribution is 2.26. The second kappa shape index (κ2) is 5.18. The average molecular weight is 226 g/mol. The Labute approximate surface area is 95.2 Å². The van der Waals surface area contributed by atoms with Crippen molar-refractivity contribution in [2.75, 3.05) is 26.8 Å². The van der Waals surface area contributed by atoms with Crippen LogP contribution < -0.4 is 0 Å². The number of methoxy groups -OCH3 is 1. The maximum absolute atomic E-state index is 11.8. The van der Waals surface area contributed by atoms with Gasteiger partial charge in [-0.05, 0) is 25.3 Å². The van der Waals surface area contributed by atoms with Gasteiger partial charge in [0, 0.05) is 31.5 Å². The Morgan fingerprint density at radius 1 is 1.69 bits per heavy atom. The molecular formula is C10H18N4O2. The molecule has 0 aliphatic carbocycles. The number of amides is 1. The highest BCUT2D eigenvalue weighted by Gasteiger charge is 2.38. The second-order valence-electron chi connectivity index (χ2n) is 4.73. The molecule has 0 aromatic rings. The second-order valence-corrected chi connectivity index (χ2v) is 4.73. The van der Waals surface area contributed by atoms with E-state index < -0.39 is 0 Å². The lowest BCUT2D eigenvalue weighted by Crippen LogP contribution is -2.48. The minimum absolute atomic E-state index is 0.111. The van der Waals surface area contributed by atoms with Gasteiger partial charge in [-0.15, -0.1) is 0 Å². The molecule has 1 aliphatic rings. The molecule has 0 saturated carbocycles. The van der Waals surface area contributed by atoms with Crippen molar-refractivity contribution in [3.63, 3.8) is 0 Å². The van der Waals surface area contributed by atoms with Gasteiger partial charge in [-0.3, -0.25) is 4.79 Å². The molecule has 6 heteroatoms. The molecule has 16 heavy (non-hydrogen) atoms. The summed E-state index contributed by atoms with van der Waals surface area (Å²) in [6.07, 6.45) is 0.464. The summed E-state index contributed by atoms with van der Waals surface area (Å²) in [6, 6.07) is 0. The predicted octanol–water partition coefficient (Wildman–Crippen LogP) is 1.57. The molecule has 1 unspecified atom stereocenters. The third-order valence-electron chi connectivity index (χ3n) is 2.84. The highest BCUT2D eigenvalue weighted by molar-refractivity contribution is 5.79. The normalized spacial score (nSPS) is 21.1. The lowest BCUT2D eigenvalue weighted by molar-refractivity contribution is -0.133. The van der Waals surface area contributed by atoms with Gasteiger partial charge in [-0.25, -0.2) is 0 Å². The van der Waals surface area contributed by atoms with E-state index in [2.05, 4.69) is 10.0 Å². The van der Waals surface area contributed by atoms with Crippen molar-refractivity contribution in [3.8, 4) is 0 Å². The fourth-order valence-corrected chi connectivity index (χ4v) is 2.07. The number of hydrogen-bond donors (Lipinski definition) is 0. The highest BCUT2D eigenvalue weighted by atomic mass is 16.5. The monoisotopic (exact) mass is 226 g/mol. The van der Waals surface area contributed by atoms with E-state index in [1.165, 1.54) is 0 Å². The molecule has 0 aromatic heterocycles. The maximum Gasteiger partial charge on any atom is 0.223 e. The Kier molecular flexibility index (Phi) is 4.15. The van der Waals surface area contributed by atoms with Gasteiger partial charge in [-0.2, -0.15) is 0 Å². The van der Waals surface area contributed by atoms with Gasteiger partial charge in [-0.1, -0.05) is 5.11 Å². The van der Waals surface area contributed by atoms with Crippen LogP contribution in [0, 0.1) is 5.92 Å². The number of azide groups is 1. The van der Waals surface area contributed by atoms with Crippen LogP contribution >= 0.6 is 0 Å². The topological polar surface area (TPSA) is 78.3 Å². The van der Waals surface area contributed by atoms with Crippen LogP contribution in [0.2, 0.25) is 0 Å². The number of hydrogen-bond acceptors (Lipinski definition) is 3. The Bertz CT molecular complexity index is 310. The summed E-state index contributed by atoms with van der Waals surface area (Å²) < 4.78 is 5.11. The van der Waals surface area contributed by atoms with Crippen LogP contribution in [0.4, 0.5) is 0 Å². The van der Waals surface area contributed by atoms with Crippen molar-refractivity contribution in [2.24, 2.45) is 11.0 Å². The summed E-state index contributed by atoms with van der Waals surface area (Å²) in [5, 5.41) is 3.52. The summed E-state index contributed by atoms with van der Waals surface area (Å²) in [5.74, 6) is 0.250. The molecule has 90 valence electrons. The minimum Gasteiger partial charge on any atom is -0.382 e. The van der Waals surface area contributed by atoms with E-state index in [0.29, 0.717) is 26.1 Å². The number of nitrogens with zero attached hydrogens (tertiary/aromatic N) is 4. The van der Waals surface area contributed by atoms with Gasteiger partial charge < -0.3 is 9.64 Å². The van der Waals surface area contributed by atoms with E-state index >= 15 is 0 Å². The van der Waals surface area contributed by atoms with Gasteiger partial charge in [0.05, 0.1) is 12.1 Å². The number of likely N-dealkylation sites (tertiary alicyclic amines) is 1. The van der Waals surface area contributed by atoms with Crippen molar-refractivity contribution < 1.29 is 9.53 Å². The van der Waals surface area contributed by atoms with Crippen molar-refractivity contribution in [3.05, 3.63) is 10.4 Å². The zero-order valence-electron chi connectivity index (χ0n) is 10.0. The van der Waals surface area contributed by atoms with Gasteiger partial charge in [0.1, 0.15) is 0 Å². The summed E-state index contributed by atoms with van der Waals surface area (Å²) in [7, 11) is 1.62. The molecule has 1 heterocycles. The molecule has 0 spiro atoms. The Morgan fingerprint density at radius 3 is 2.94 bits per heavy atom. The number of rotatable bonds is 5. The third-order valence-corrected chi connectivity index (χ3v) is 2.84. The molecule has 0 aromatic carbocycles. The maximum atomic E-state index is 11.8. The molecule has 6 nitrogen and oxygen atoms in total. The third kappa shape index (κ3) is 2.87. The SMILES string of the molecule is COCC(C)(C)N1CC(CN=[N+]=[N-])CC1=O. The largest absolute Gasteiger partial charge is 0.382 e. The van der Waals surface area contributed by atoms with Crippen LogP contribution in [0.1, 0.15) is 20.3 Å². The molecule has 1 fully saturated rings. The molecule has 1 aliphatic heterocycles. The van der Waals surface area contributed by atoms with Crippen LogP contribution in [0.25, 0.3) is 10.4 Å². The first kappa shape index (κ1) is 12.8. The summed E-state index contributed by atoms with van der Waals surface area (Å²) in [4.78, 5) is 16.3. The van der Waals surface area contributed by atoms with Crippen LogP contribution in [-0.2, 0) is 9.53 Å². The van der Waals surface area contributed by atoms with Crippen LogP contribution in [0.5, 0.6) is 0 Å². The fourth-order valence-electron chi connectivity index (χ4n) is 2.07. The van der Waals surface area contributed by atoms with E-state index in [1.807, 2.05) is 18.7 Å². The van der Waals surface area contributed by atoms with Crippen LogP contribution in [0.15, 0.2) is 5.11 Å². The Balaban J connectivity index is 2.63. The number of ether oxygens (including phenoxy) is 1. The summed E-state index contributed by atoms with van der Waals surface area (Å²) in [5.41, 5.74) is 7.95. The van der Waals surface area contributed by atoms with E-state index in [9.17, 15) is 4.79 Å². The van der Waals surface area contributed by atoms with E-state index in [0.717, 1.165) is 0 Å². The molecular weight excluding hydrogens is 208 g/mol. The van der Waals surface area contributed by atoms with Crippen molar-refractivity contribution in [2.45, 2.75) is 25.8 Å². The summed E-state index contributed by atoms with van der Waals surface area (Å²) >= 11 is 0. The average Bonchev–Trinajstić information content (AvgIpc) is 2.57. The smallest absolute Gasteiger partial charge is 0.223 e. The first-order valence-corrected chi connectivity index (χ1v) is 5.31. The molecule has 0 radical (unpaired) electrons. The molecule has 0 bridgehead atoms. The molecule has 1 saturated heterocycles. The van der Waals surface area contributed by atoms with Crippen molar-refractivity contribution >= 4 is 5.91 Å². The number of carbonyl (C=O) groups excluding carboxylic acids is 1. The first-order chi connectivity index (χ1) is 7.51. The van der Waals surface area contributed by atoms with Gasteiger partial charge in [0.15, 0.2) is 0 Å². The van der Waals surface area contributed by atoms with Gasteiger partial charge >= 0.3 is 0 Å². The van der Waals surface area contributed by atoms with Crippen molar-refractivity contribution in [1.82, 2.24) is 4.90 Å². The summed E-state index contributed by atoms with van der Waals surface area (Å²) in [6.45, 7) is 5.50. The van der Waals surface area contributed by atoms with Gasteiger partial charge in [0.25, 0.3) is 0 Å². The zero-order valence-corrected chi connectivity index (χ0v) is 10.0. The number of carbonyl (C=O) groups is 1. The Hall–Kier alpha value is -1.26. The molecule has 1 atom stereocenters. The lowest BCUT2D eigenvalue weighted by atomic mass is 10.0. The van der Waals surface area contributed by atoms with E-state index in [4.69, 9.17) is 10.3 Å². The fraction of sp³-hybridized carbons (Fsp3) is 0.900. The Morgan fingerprint density at radius 2 is 2.38 bits per heavy atom. The standard InChI is InChI=1S/C10H18N4O2/c1-10(2,7-16-3)14-6-8(4-9(14)15)5-12-13-11/h8H,4-7H2,1-3H3. The van der Waals surface area contributed by atoms with Crippen LogP contribution in [0.3, 0.4) is 0 Å². The van der Waals surface area contributed by atoms with Crippen molar-refractivity contribution in [1.29, 1.82) is 0 Å². The molecule has 1 amide bonds. The lowest BCUT2D eigenvalue weighted by Gasteiger charge is -2.35. The predicted molar refractivity (Wildman–Crippen MR) is 59.8 cm³/mol. The minimum atomic E-state index is -0.295. The molecule has 1 rings (SSSR count). The van der Waals surface area contributed by atoms with E-state index in [-0.39, 0.29) is 17.4 Å². The van der Waals surface area contributed by atoms with Crippen LogP contribution in [-0.4, -0.2) is 43.2 Å². The van der Waals surface area contributed by atoms with E-state index in [1.54, 1.807) is 7.11 Å². The quantitative estimate of drug-likeness (QED) is 0.405. The molecule has 0 N–H and O–H groups in total.